The molecule has 94 valence electrons. The fourth-order valence-electron chi connectivity index (χ4n) is 2.04. The van der Waals surface area contributed by atoms with Gasteiger partial charge in [-0.2, -0.15) is 0 Å². The van der Waals surface area contributed by atoms with Crippen molar-refractivity contribution in [3.05, 3.63) is 11.9 Å². The number of rotatable bonds is 3. The number of thioether (sulfide) groups is 1. The van der Waals surface area contributed by atoms with Crippen LogP contribution in [0.3, 0.4) is 0 Å². The van der Waals surface area contributed by atoms with Crippen molar-refractivity contribution in [2.45, 2.75) is 49.5 Å². The van der Waals surface area contributed by atoms with E-state index in [9.17, 15) is 0 Å². The van der Waals surface area contributed by atoms with E-state index in [-0.39, 0.29) is 6.10 Å². The Hall–Kier alpha value is -0.810. The zero-order valence-corrected chi connectivity index (χ0v) is 11.3. The van der Waals surface area contributed by atoms with Crippen LogP contribution in [0.15, 0.2) is 11.4 Å². The zero-order valence-electron chi connectivity index (χ0n) is 10.5. The molecular formula is C12H19N3OS. The minimum absolute atomic E-state index is 0.288. The number of aromatic nitrogens is 2. The monoisotopic (exact) mass is 253 g/mol. The number of hydrogen-bond donors (Lipinski definition) is 1. The SMILES string of the molecule is CC(C)c1c(N)ncnc1SC1CCOC1C. The van der Waals surface area contributed by atoms with E-state index in [1.165, 1.54) is 0 Å². The lowest BCUT2D eigenvalue weighted by atomic mass is 10.1. The van der Waals surface area contributed by atoms with Crippen molar-refractivity contribution in [1.29, 1.82) is 0 Å². The lowest BCUT2D eigenvalue weighted by Gasteiger charge is -2.17. The summed E-state index contributed by atoms with van der Waals surface area (Å²) in [5, 5.41) is 1.48. The second-order valence-corrected chi connectivity index (χ2v) is 5.88. The first-order valence-corrected chi connectivity index (χ1v) is 6.86. The molecule has 1 saturated heterocycles. The summed E-state index contributed by atoms with van der Waals surface area (Å²) in [4.78, 5) is 8.45. The quantitative estimate of drug-likeness (QED) is 0.838. The van der Waals surface area contributed by atoms with Gasteiger partial charge in [-0.1, -0.05) is 25.6 Å². The maximum atomic E-state index is 5.94. The number of nitrogen functional groups attached to an aromatic ring is 1. The molecule has 0 saturated carbocycles. The van der Waals surface area contributed by atoms with E-state index >= 15 is 0 Å². The smallest absolute Gasteiger partial charge is 0.131 e. The molecule has 0 aliphatic carbocycles. The topological polar surface area (TPSA) is 61.0 Å². The first-order chi connectivity index (χ1) is 8.09. The van der Waals surface area contributed by atoms with Crippen LogP contribution in [0.2, 0.25) is 0 Å². The van der Waals surface area contributed by atoms with E-state index in [2.05, 4.69) is 30.7 Å². The third-order valence-corrected chi connectivity index (χ3v) is 4.50. The Kier molecular flexibility index (Phi) is 3.89. The molecule has 0 bridgehead atoms. The Morgan fingerprint density at radius 2 is 2.24 bits per heavy atom. The Morgan fingerprint density at radius 1 is 1.47 bits per heavy atom. The van der Waals surface area contributed by atoms with Gasteiger partial charge in [-0.25, -0.2) is 9.97 Å². The minimum atomic E-state index is 0.288. The molecule has 0 spiro atoms. The number of nitrogens with zero attached hydrogens (tertiary/aromatic N) is 2. The summed E-state index contributed by atoms with van der Waals surface area (Å²) in [7, 11) is 0. The van der Waals surface area contributed by atoms with Crippen LogP contribution in [0.4, 0.5) is 5.82 Å². The van der Waals surface area contributed by atoms with E-state index in [0.29, 0.717) is 17.0 Å². The Morgan fingerprint density at radius 3 is 2.82 bits per heavy atom. The van der Waals surface area contributed by atoms with Crippen LogP contribution >= 0.6 is 11.8 Å². The second kappa shape index (κ2) is 5.23. The molecule has 17 heavy (non-hydrogen) atoms. The van der Waals surface area contributed by atoms with Crippen molar-refractivity contribution in [3.63, 3.8) is 0 Å². The summed E-state index contributed by atoms with van der Waals surface area (Å²) >= 11 is 1.77. The van der Waals surface area contributed by atoms with Gasteiger partial charge in [-0.05, 0) is 19.3 Å². The normalized spacial score (nSPS) is 24.5. The van der Waals surface area contributed by atoms with Gasteiger partial charge in [-0.15, -0.1) is 0 Å². The van der Waals surface area contributed by atoms with Crippen LogP contribution in [-0.4, -0.2) is 27.9 Å². The number of ether oxygens (including phenoxy) is 1. The van der Waals surface area contributed by atoms with Crippen molar-refractivity contribution in [2.24, 2.45) is 0 Å². The number of anilines is 1. The van der Waals surface area contributed by atoms with E-state index in [1.807, 2.05) is 0 Å². The molecule has 0 aromatic carbocycles. The van der Waals surface area contributed by atoms with Crippen LogP contribution in [0.25, 0.3) is 0 Å². The molecule has 1 aromatic rings. The molecule has 0 radical (unpaired) electrons. The maximum absolute atomic E-state index is 5.94. The van der Waals surface area contributed by atoms with Crippen LogP contribution in [-0.2, 0) is 4.74 Å². The Bertz CT molecular complexity index is 397. The molecule has 4 nitrogen and oxygen atoms in total. The van der Waals surface area contributed by atoms with Crippen LogP contribution in [0, 0.1) is 0 Å². The van der Waals surface area contributed by atoms with E-state index < -0.39 is 0 Å². The fourth-order valence-corrected chi connectivity index (χ4v) is 3.39. The fraction of sp³-hybridized carbons (Fsp3) is 0.667. The summed E-state index contributed by atoms with van der Waals surface area (Å²) in [5.41, 5.74) is 7.00. The van der Waals surface area contributed by atoms with Gasteiger partial charge in [0, 0.05) is 17.4 Å². The third kappa shape index (κ3) is 2.72. The first kappa shape index (κ1) is 12.6. The zero-order chi connectivity index (χ0) is 12.4. The summed E-state index contributed by atoms with van der Waals surface area (Å²) in [6.07, 6.45) is 2.91. The summed E-state index contributed by atoms with van der Waals surface area (Å²) < 4.78 is 5.57. The summed E-state index contributed by atoms with van der Waals surface area (Å²) in [6.45, 7) is 7.20. The summed E-state index contributed by atoms with van der Waals surface area (Å²) in [6, 6.07) is 0. The van der Waals surface area contributed by atoms with Crippen LogP contribution < -0.4 is 5.73 Å². The molecule has 2 rings (SSSR count). The molecule has 1 aliphatic rings. The highest BCUT2D eigenvalue weighted by Crippen LogP contribution is 2.36. The van der Waals surface area contributed by atoms with Gasteiger partial charge in [-0.3, -0.25) is 0 Å². The van der Waals surface area contributed by atoms with Crippen LogP contribution in [0.1, 0.15) is 38.7 Å². The average molecular weight is 253 g/mol. The summed E-state index contributed by atoms with van der Waals surface area (Å²) in [5.74, 6) is 0.945. The standard InChI is InChI=1S/C12H19N3OS/c1-7(2)10-11(13)14-6-15-12(10)17-9-4-5-16-8(9)3/h6-9H,4-5H2,1-3H3,(H2,13,14,15). The first-order valence-electron chi connectivity index (χ1n) is 5.98. The predicted octanol–water partition coefficient (Wildman–Crippen LogP) is 2.45. The van der Waals surface area contributed by atoms with Gasteiger partial charge in [0.15, 0.2) is 0 Å². The Balaban J connectivity index is 2.23. The molecule has 0 amide bonds. The van der Waals surface area contributed by atoms with E-state index in [1.54, 1.807) is 18.1 Å². The van der Waals surface area contributed by atoms with E-state index in [0.717, 1.165) is 23.6 Å². The highest BCUT2D eigenvalue weighted by Gasteiger charge is 2.27. The minimum Gasteiger partial charge on any atom is -0.383 e. The maximum Gasteiger partial charge on any atom is 0.131 e. The molecule has 2 heterocycles. The molecule has 2 atom stereocenters. The molecule has 2 N–H and O–H groups in total. The molecule has 5 heteroatoms. The molecule has 1 aromatic heterocycles. The highest BCUT2D eigenvalue weighted by atomic mass is 32.2. The van der Waals surface area contributed by atoms with E-state index in [4.69, 9.17) is 10.5 Å². The second-order valence-electron chi connectivity index (χ2n) is 4.65. The largest absolute Gasteiger partial charge is 0.383 e. The molecule has 1 fully saturated rings. The van der Waals surface area contributed by atoms with Gasteiger partial charge in [0.05, 0.1) is 6.10 Å². The van der Waals surface area contributed by atoms with Gasteiger partial charge in [0.1, 0.15) is 17.2 Å². The lowest BCUT2D eigenvalue weighted by molar-refractivity contribution is 0.127. The van der Waals surface area contributed by atoms with Gasteiger partial charge >= 0.3 is 0 Å². The van der Waals surface area contributed by atoms with Crippen molar-refractivity contribution in [2.75, 3.05) is 12.3 Å². The van der Waals surface area contributed by atoms with Crippen molar-refractivity contribution in [3.8, 4) is 0 Å². The number of hydrogen-bond acceptors (Lipinski definition) is 5. The average Bonchev–Trinajstić information content (AvgIpc) is 2.64. The predicted molar refractivity (Wildman–Crippen MR) is 70.2 cm³/mol. The van der Waals surface area contributed by atoms with Crippen molar-refractivity contribution in [1.82, 2.24) is 9.97 Å². The van der Waals surface area contributed by atoms with Crippen LogP contribution in [0.5, 0.6) is 0 Å². The van der Waals surface area contributed by atoms with Gasteiger partial charge in [0.25, 0.3) is 0 Å². The molecule has 2 unspecified atom stereocenters. The van der Waals surface area contributed by atoms with Crippen molar-refractivity contribution < 1.29 is 4.74 Å². The molecule has 1 aliphatic heterocycles. The highest BCUT2D eigenvalue weighted by molar-refractivity contribution is 8.00. The van der Waals surface area contributed by atoms with Gasteiger partial charge < -0.3 is 10.5 Å². The lowest BCUT2D eigenvalue weighted by Crippen LogP contribution is -2.14. The third-order valence-electron chi connectivity index (χ3n) is 3.03. The Labute approximate surface area is 106 Å². The number of nitrogens with two attached hydrogens (primary N) is 1. The van der Waals surface area contributed by atoms with Crippen molar-refractivity contribution >= 4 is 17.6 Å². The van der Waals surface area contributed by atoms with Gasteiger partial charge in [0.2, 0.25) is 0 Å². The molecular weight excluding hydrogens is 234 g/mol.